The van der Waals surface area contributed by atoms with E-state index in [1.807, 2.05) is 0 Å². The van der Waals surface area contributed by atoms with E-state index in [4.69, 9.17) is 0 Å². The predicted molar refractivity (Wildman–Crippen MR) is 101 cm³/mol. The average Bonchev–Trinajstić information content (AvgIpc) is 2.71. The van der Waals surface area contributed by atoms with Gasteiger partial charge in [-0.2, -0.15) is 0 Å². The molecule has 23 heavy (non-hydrogen) atoms. The molecule has 2 heterocycles. The van der Waals surface area contributed by atoms with E-state index in [-0.39, 0.29) is 0 Å². The Bertz CT molecular complexity index is 405. The molecule has 0 radical (unpaired) electrons. The first-order valence-corrected chi connectivity index (χ1v) is 9.64. The Morgan fingerprint density at radius 3 is 2.13 bits per heavy atom. The van der Waals surface area contributed by atoms with Gasteiger partial charge in [0.05, 0.1) is 6.17 Å². The number of rotatable bonds is 4. The van der Waals surface area contributed by atoms with Crippen LogP contribution in [0.2, 0.25) is 0 Å². The van der Waals surface area contributed by atoms with Crippen LogP contribution in [0.25, 0.3) is 0 Å². The minimum Gasteiger partial charge on any atom is -0.297 e. The number of likely N-dealkylation sites (N-methyl/N-ethyl adjacent to an activating group) is 2. The molecule has 0 aliphatic carbocycles. The van der Waals surface area contributed by atoms with Gasteiger partial charge >= 0.3 is 0 Å². The van der Waals surface area contributed by atoms with Crippen LogP contribution in [0.5, 0.6) is 0 Å². The van der Waals surface area contributed by atoms with Crippen LogP contribution in [0.15, 0.2) is 11.6 Å². The highest BCUT2D eigenvalue weighted by Crippen LogP contribution is 2.31. The van der Waals surface area contributed by atoms with Gasteiger partial charge in [-0.25, -0.2) is 0 Å². The Morgan fingerprint density at radius 1 is 0.913 bits per heavy atom. The third-order valence-electron chi connectivity index (χ3n) is 7.13. The molecule has 2 aliphatic heterocycles. The van der Waals surface area contributed by atoms with Crippen LogP contribution in [-0.2, 0) is 0 Å². The highest BCUT2D eigenvalue weighted by atomic mass is 15.4. The highest BCUT2D eigenvalue weighted by Gasteiger charge is 2.37. The molecule has 0 spiro atoms. The van der Waals surface area contributed by atoms with Crippen LogP contribution in [-0.4, -0.2) is 65.7 Å². The summed E-state index contributed by atoms with van der Waals surface area (Å²) >= 11 is 0. The van der Waals surface area contributed by atoms with Crippen molar-refractivity contribution in [1.82, 2.24) is 14.7 Å². The van der Waals surface area contributed by atoms with Crippen molar-refractivity contribution in [3.05, 3.63) is 11.6 Å². The van der Waals surface area contributed by atoms with E-state index in [9.17, 15) is 0 Å². The van der Waals surface area contributed by atoms with Crippen LogP contribution < -0.4 is 0 Å². The predicted octanol–water partition coefficient (Wildman–Crippen LogP) is 3.81. The van der Waals surface area contributed by atoms with Crippen molar-refractivity contribution >= 4 is 0 Å². The van der Waals surface area contributed by atoms with Crippen LogP contribution in [0, 0.1) is 5.92 Å². The van der Waals surface area contributed by atoms with E-state index in [1.165, 1.54) is 25.8 Å². The SMILES string of the molecule is CC1CC(=CCCCN2C(C)C(C)N(C)C2C)C(C)N(C)C1C. The Kier molecular flexibility index (Phi) is 6.32. The van der Waals surface area contributed by atoms with Gasteiger partial charge in [0.25, 0.3) is 0 Å². The van der Waals surface area contributed by atoms with Crippen molar-refractivity contribution < 1.29 is 0 Å². The Hall–Kier alpha value is -0.380. The van der Waals surface area contributed by atoms with Crippen molar-refractivity contribution in [2.75, 3.05) is 20.6 Å². The second kappa shape index (κ2) is 7.67. The first-order valence-electron chi connectivity index (χ1n) is 9.64. The molecule has 2 aliphatic rings. The van der Waals surface area contributed by atoms with Crippen molar-refractivity contribution in [1.29, 1.82) is 0 Å². The lowest BCUT2D eigenvalue weighted by molar-refractivity contribution is 0.132. The fourth-order valence-corrected chi connectivity index (χ4v) is 4.47. The van der Waals surface area contributed by atoms with E-state index in [2.05, 4.69) is 76.4 Å². The van der Waals surface area contributed by atoms with Gasteiger partial charge in [0.2, 0.25) is 0 Å². The van der Waals surface area contributed by atoms with Crippen LogP contribution >= 0.6 is 0 Å². The quantitative estimate of drug-likeness (QED) is 0.576. The molecule has 0 saturated carbocycles. The number of allylic oxidation sites excluding steroid dienone is 1. The molecule has 2 rings (SSSR count). The monoisotopic (exact) mass is 321 g/mol. The summed E-state index contributed by atoms with van der Waals surface area (Å²) in [5.41, 5.74) is 1.66. The average molecular weight is 322 g/mol. The van der Waals surface area contributed by atoms with E-state index < -0.39 is 0 Å². The zero-order chi connectivity index (χ0) is 17.3. The van der Waals surface area contributed by atoms with Crippen LogP contribution in [0.1, 0.15) is 60.8 Å². The van der Waals surface area contributed by atoms with E-state index in [1.54, 1.807) is 5.57 Å². The second-order valence-corrected chi connectivity index (χ2v) is 8.20. The van der Waals surface area contributed by atoms with Crippen molar-refractivity contribution in [2.24, 2.45) is 5.92 Å². The fraction of sp³-hybridized carbons (Fsp3) is 0.900. The lowest BCUT2D eigenvalue weighted by Crippen LogP contribution is -2.46. The summed E-state index contributed by atoms with van der Waals surface area (Å²) in [6.45, 7) is 15.4. The normalized spacial score (nSPS) is 42.7. The molecular weight excluding hydrogens is 282 g/mol. The number of nitrogens with zero attached hydrogens (tertiary/aromatic N) is 3. The summed E-state index contributed by atoms with van der Waals surface area (Å²) in [7, 11) is 4.54. The fourth-order valence-electron chi connectivity index (χ4n) is 4.47. The molecule has 134 valence electrons. The largest absolute Gasteiger partial charge is 0.297 e. The minimum absolute atomic E-state index is 0.577. The maximum atomic E-state index is 2.67. The van der Waals surface area contributed by atoms with Gasteiger partial charge in [-0.1, -0.05) is 18.6 Å². The number of likely N-dealkylation sites (tertiary alicyclic amines) is 1. The molecule has 0 aromatic heterocycles. The van der Waals surface area contributed by atoms with Crippen molar-refractivity contribution in [2.45, 2.75) is 91.1 Å². The lowest BCUT2D eigenvalue weighted by Gasteiger charge is -2.42. The van der Waals surface area contributed by atoms with Gasteiger partial charge in [0, 0.05) is 30.7 Å². The molecule has 6 atom stereocenters. The lowest BCUT2D eigenvalue weighted by atomic mass is 9.84. The number of piperidine rings is 1. The maximum Gasteiger partial charge on any atom is 0.0596 e. The van der Waals surface area contributed by atoms with Crippen LogP contribution in [0.3, 0.4) is 0 Å². The van der Waals surface area contributed by atoms with Gasteiger partial charge in [-0.05, 0) is 73.9 Å². The summed E-state index contributed by atoms with van der Waals surface area (Å²) in [6.07, 6.45) is 6.90. The Morgan fingerprint density at radius 2 is 1.57 bits per heavy atom. The topological polar surface area (TPSA) is 9.72 Å². The summed E-state index contributed by atoms with van der Waals surface area (Å²) in [5.74, 6) is 0.774. The molecular formula is C20H39N3. The van der Waals surface area contributed by atoms with Gasteiger partial charge in [-0.3, -0.25) is 14.7 Å². The Labute approximate surface area is 144 Å². The second-order valence-electron chi connectivity index (χ2n) is 8.20. The molecule has 0 bridgehead atoms. The highest BCUT2D eigenvalue weighted by molar-refractivity contribution is 5.15. The van der Waals surface area contributed by atoms with E-state index in [0.29, 0.717) is 30.3 Å². The van der Waals surface area contributed by atoms with Gasteiger partial charge < -0.3 is 0 Å². The number of hydrogen-bond donors (Lipinski definition) is 0. The molecule has 0 aromatic rings. The molecule has 3 nitrogen and oxygen atoms in total. The molecule has 6 unspecified atom stereocenters. The standard InChI is InChI=1S/C20H39N3/c1-14-13-20(18(5)21(7)15(14)2)11-9-10-12-23-17(4)16(3)22(8)19(23)6/h11,14-19H,9-10,12-13H2,1-8H3. The molecule has 0 N–H and O–H groups in total. The number of hydrogen-bond acceptors (Lipinski definition) is 3. The van der Waals surface area contributed by atoms with Crippen LogP contribution in [0.4, 0.5) is 0 Å². The van der Waals surface area contributed by atoms with Gasteiger partial charge in [-0.15, -0.1) is 0 Å². The zero-order valence-corrected chi connectivity index (χ0v) is 16.7. The first kappa shape index (κ1) is 19.0. The zero-order valence-electron chi connectivity index (χ0n) is 16.7. The molecule has 2 saturated heterocycles. The molecule has 0 aromatic carbocycles. The molecule has 3 heteroatoms. The van der Waals surface area contributed by atoms with Crippen molar-refractivity contribution in [3.8, 4) is 0 Å². The summed E-state index contributed by atoms with van der Waals surface area (Å²) < 4.78 is 0. The third-order valence-corrected chi connectivity index (χ3v) is 7.13. The molecule has 2 fully saturated rings. The Balaban J connectivity index is 1.85. The number of unbranched alkanes of at least 4 members (excludes halogenated alkanes) is 1. The van der Waals surface area contributed by atoms with Gasteiger partial charge in [0.15, 0.2) is 0 Å². The molecule has 0 amide bonds. The third kappa shape index (κ3) is 3.83. The smallest absolute Gasteiger partial charge is 0.0596 e. The first-order chi connectivity index (χ1) is 10.8. The minimum atomic E-state index is 0.577. The van der Waals surface area contributed by atoms with Gasteiger partial charge in [0.1, 0.15) is 0 Å². The summed E-state index contributed by atoms with van der Waals surface area (Å²) in [4.78, 5) is 7.72. The van der Waals surface area contributed by atoms with E-state index in [0.717, 1.165) is 5.92 Å². The summed E-state index contributed by atoms with van der Waals surface area (Å²) in [5, 5.41) is 0. The maximum absolute atomic E-state index is 2.67. The summed E-state index contributed by atoms with van der Waals surface area (Å²) in [6, 6.07) is 2.64. The van der Waals surface area contributed by atoms with Crippen molar-refractivity contribution in [3.63, 3.8) is 0 Å². The van der Waals surface area contributed by atoms with E-state index >= 15 is 0 Å².